The summed E-state index contributed by atoms with van der Waals surface area (Å²) in [5, 5.41) is 10.4. The van der Waals surface area contributed by atoms with Crippen molar-refractivity contribution >= 4 is 23.4 Å². The summed E-state index contributed by atoms with van der Waals surface area (Å²) in [6, 6.07) is 15.2. The smallest absolute Gasteiger partial charge is 0.234 e. The molecule has 0 spiro atoms. The standard InChI is InChI=1S/C18H18N4O2S/c1-12-3-7-14(8-4-12)19-16(23)11-25-18-20-17(21-22-18)13-5-9-15(24-2)10-6-13/h3-10H,11H2,1-2H3,(H,19,23)(H,20,21,22). The van der Waals surface area contributed by atoms with Crippen LogP contribution in [0.3, 0.4) is 0 Å². The molecule has 6 nitrogen and oxygen atoms in total. The molecular formula is C18H18N4O2S. The Labute approximate surface area is 150 Å². The molecule has 1 heterocycles. The van der Waals surface area contributed by atoms with E-state index in [-0.39, 0.29) is 11.7 Å². The van der Waals surface area contributed by atoms with Crippen LogP contribution in [0.5, 0.6) is 5.75 Å². The SMILES string of the molecule is COc1ccc(-c2nc(SCC(=O)Nc3ccc(C)cc3)n[nH]2)cc1. The van der Waals surface area contributed by atoms with Crippen LogP contribution >= 0.6 is 11.8 Å². The van der Waals surface area contributed by atoms with E-state index in [9.17, 15) is 4.79 Å². The van der Waals surface area contributed by atoms with Gasteiger partial charge in [0.25, 0.3) is 0 Å². The molecule has 0 saturated carbocycles. The highest BCUT2D eigenvalue weighted by molar-refractivity contribution is 7.99. The first-order chi connectivity index (χ1) is 12.1. The number of methoxy groups -OCH3 is 1. The van der Waals surface area contributed by atoms with Crippen molar-refractivity contribution in [3.8, 4) is 17.1 Å². The number of ether oxygens (including phenoxy) is 1. The number of benzene rings is 2. The molecule has 3 rings (SSSR count). The zero-order valence-corrected chi connectivity index (χ0v) is 14.8. The van der Waals surface area contributed by atoms with Crippen LogP contribution in [0.1, 0.15) is 5.56 Å². The molecule has 0 unspecified atom stereocenters. The number of anilines is 1. The quantitative estimate of drug-likeness (QED) is 0.662. The summed E-state index contributed by atoms with van der Waals surface area (Å²) in [5.41, 5.74) is 2.84. The zero-order valence-electron chi connectivity index (χ0n) is 13.9. The molecule has 3 aromatic rings. The second kappa shape index (κ2) is 7.85. The van der Waals surface area contributed by atoms with Crippen LogP contribution in [-0.2, 0) is 4.79 Å². The minimum absolute atomic E-state index is 0.0929. The predicted molar refractivity (Wildman–Crippen MR) is 98.9 cm³/mol. The van der Waals surface area contributed by atoms with Crippen LogP contribution in [0.25, 0.3) is 11.4 Å². The molecule has 0 saturated heterocycles. The van der Waals surface area contributed by atoms with Gasteiger partial charge in [0, 0.05) is 11.3 Å². The van der Waals surface area contributed by atoms with Gasteiger partial charge in [-0.1, -0.05) is 29.5 Å². The number of hydrogen-bond acceptors (Lipinski definition) is 5. The molecule has 25 heavy (non-hydrogen) atoms. The lowest BCUT2D eigenvalue weighted by Crippen LogP contribution is -2.14. The first-order valence-corrected chi connectivity index (χ1v) is 8.69. The first-order valence-electron chi connectivity index (χ1n) is 7.70. The van der Waals surface area contributed by atoms with E-state index in [0.717, 1.165) is 22.6 Å². The number of carbonyl (C=O) groups is 1. The number of nitrogens with zero attached hydrogens (tertiary/aromatic N) is 2. The molecule has 1 aromatic heterocycles. The summed E-state index contributed by atoms with van der Waals surface area (Å²) >= 11 is 1.28. The fraction of sp³-hybridized carbons (Fsp3) is 0.167. The summed E-state index contributed by atoms with van der Waals surface area (Å²) in [5.74, 6) is 1.59. The van der Waals surface area contributed by atoms with Crippen molar-refractivity contribution in [2.24, 2.45) is 0 Å². The van der Waals surface area contributed by atoms with E-state index in [1.54, 1.807) is 7.11 Å². The fourth-order valence-electron chi connectivity index (χ4n) is 2.15. The highest BCUT2D eigenvalue weighted by Crippen LogP contribution is 2.21. The largest absolute Gasteiger partial charge is 0.497 e. The number of aryl methyl sites for hydroxylation is 1. The van der Waals surface area contributed by atoms with E-state index < -0.39 is 0 Å². The molecule has 0 aliphatic heterocycles. The second-order valence-corrected chi connectivity index (χ2v) is 6.34. The summed E-state index contributed by atoms with van der Waals surface area (Å²) in [6.45, 7) is 2.01. The van der Waals surface area contributed by atoms with Crippen LogP contribution in [0, 0.1) is 6.92 Å². The van der Waals surface area contributed by atoms with Gasteiger partial charge in [-0.25, -0.2) is 4.98 Å². The normalized spacial score (nSPS) is 10.5. The molecule has 2 aromatic carbocycles. The van der Waals surface area contributed by atoms with E-state index in [1.165, 1.54) is 11.8 Å². The van der Waals surface area contributed by atoms with Crippen LogP contribution in [0.2, 0.25) is 0 Å². The van der Waals surface area contributed by atoms with Crippen molar-refractivity contribution in [1.82, 2.24) is 15.2 Å². The van der Waals surface area contributed by atoms with Crippen molar-refractivity contribution in [3.63, 3.8) is 0 Å². The average molecular weight is 354 g/mol. The molecular weight excluding hydrogens is 336 g/mol. The van der Waals surface area contributed by atoms with Crippen LogP contribution in [0.4, 0.5) is 5.69 Å². The molecule has 0 aliphatic rings. The van der Waals surface area contributed by atoms with E-state index in [1.807, 2.05) is 55.5 Å². The molecule has 2 N–H and O–H groups in total. The molecule has 0 radical (unpaired) electrons. The molecule has 128 valence electrons. The lowest BCUT2D eigenvalue weighted by atomic mass is 10.2. The van der Waals surface area contributed by atoms with Crippen LogP contribution in [-0.4, -0.2) is 34.0 Å². The average Bonchev–Trinajstić information content (AvgIpc) is 3.11. The van der Waals surface area contributed by atoms with E-state index >= 15 is 0 Å². The number of H-pyrrole nitrogens is 1. The van der Waals surface area contributed by atoms with E-state index in [0.29, 0.717) is 11.0 Å². The first kappa shape index (κ1) is 17.0. The summed E-state index contributed by atoms with van der Waals surface area (Å²) < 4.78 is 5.14. The topological polar surface area (TPSA) is 79.9 Å². The van der Waals surface area contributed by atoms with Gasteiger partial charge in [-0.15, -0.1) is 5.10 Å². The van der Waals surface area contributed by atoms with E-state index in [2.05, 4.69) is 20.5 Å². The third-order valence-electron chi connectivity index (χ3n) is 3.50. The summed E-state index contributed by atoms with van der Waals surface area (Å²) in [6.07, 6.45) is 0. The number of thioether (sulfide) groups is 1. The van der Waals surface area contributed by atoms with Crippen molar-refractivity contribution in [1.29, 1.82) is 0 Å². The Morgan fingerprint density at radius 1 is 1.16 bits per heavy atom. The van der Waals surface area contributed by atoms with Gasteiger partial charge in [-0.3, -0.25) is 9.89 Å². The van der Waals surface area contributed by atoms with Crippen molar-refractivity contribution < 1.29 is 9.53 Å². The predicted octanol–water partition coefficient (Wildman–Crippen LogP) is 3.52. The van der Waals surface area contributed by atoms with Gasteiger partial charge in [-0.05, 0) is 43.3 Å². The molecule has 0 bridgehead atoms. The van der Waals surface area contributed by atoms with Gasteiger partial charge in [0.05, 0.1) is 12.9 Å². The Hall–Kier alpha value is -2.80. The third kappa shape index (κ3) is 4.60. The van der Waals surface area contributed by atoms with Gasteiger partial charge < -0.3 is 10.1 Å². The number of aromatic amines is 1. The summed E-state index contributed by atoms with van der Waals surface area (Å²) in [4.78, 5) is 16.4. The summed E-state index contributed by atoms with van der Waals surface area (Å²) in [7, 11) is 1.62. The number of amides is 1. The van der Waals surface area contributed by atoms with Gasteiger partial charge >= 0.3 is 0 Å². The van der Waals surface area contributed by atoms with Gasteiger partial charge in [0.1, 0.15) is 5.75 Å². The Morgan fingerprint density at radius 3 is 2.56 bits per heavy atom. The molecule has 0 fully saturated rings. The van der Waals surface area contributed by atoms with Crippen molar-refractivity contribution in [2.45, 2.75) is 12.1 Å². The van der Waals surface area contributed by atoms with Crippen molar-refractivity contribution in [3.05, 3.63) is 54.1 Å². The lowest BCUT2D eigenvalue weighted by Gasteiger charge is -2.04. The Bertz CT molecular complexity index is 844. The van der Waals surface area contributed by atoms with Gasteiger partial charge in [0.15, 0.2) is 5.82 Å². The zero-order chi connectivity index (χ0) is 17.6. The number of hydrogen-bond donors (Lipinski definition) is 2. The third-order valence-corrected chi connectivity index (χ3v) is 4.34. The maximum Gasteiger partial charge on any atom is 0.234 e. The number of rotatable bonds is 6. The highest BCUT2D eigenvalue weighted by atomic mass is 32.2. The Morgan fingerprint density at radius 2 is 1.88 bits per heavy atom. The highest BCUT2D eigenvalue weighted by Gasteiger charge is 2.09. The maximum absolute atomic E-state index is 12.0. The van der Waals surface area contributed by atoms with Gasteiger partial charge in [0.2, 0.25) is 11.1 Å². The molecule has 1 amide bonds. The second-order valence-electron chi connectivity index (χ2n) is 5.40. The van der Waals surface area contributed by atoms with Crippen LogP contribution < -0.4 is 10.1 Å². The van der Waals surface area contributed by atoms with Crippen molar-refractivity contribution in [2.75, 3.05) is 18.2 Å². The number of carbonyl (C=O) groups excluding carboxylic acids is 1. The minimum Gasteiger partial charge on any atom is -0.497 e. The lowest BCUT2D eigenvalue weighted by molar-refractivity contribution is -0.113. The molecule has 0 aliphatic carbocycles. The van der Waals surface area contributed by atoms with E-state index in [4.69, 9.17) is 4.74 Å². The fourth-order valence-corrected chi connectivity index (χ4v) is 2.75. The monoisotopic (exact) mass is 354 g/mol. The number of aromatic nitrogens is 3. The maximum atomic E-state index is 12.0. The molecule has 7 heteroatoms. The Balaban J connectivity index is 1.55. The molecule has 0 atom stereocenters. The van der Waals surface area contributed by atoms with Gasteiger partial charge in [-0.2, -0.15) is 0 Å². The Kier molecular flexibility index (Phi) is 5.35. The minimum atomic E-state index is -0.0929. The number of nitrogens with one attached hydrogen (secondary N) is 2. The van der Waals surface area contributed by atoms with Crippen LogP contribution in [0.15, 0.2) is 53.7 Å².